The fourth-order valence-corrected chi connectivity index (χ4v) is 1.83. The van der Waals surface area contributed by atoms with E-state index >= 15 is 0 Å². The minimum atomic E-state index is -0.985. The summed E-state index contributed by atoms with van der Waals surface area (Å²) in [7, 11) is 1.51. The van der Waals surface area contributed by atoms with E-state index < -0.39 is 12.0 Å². The van der Waals surface area contributed by atoms with Gasteiger partial charge in [-0.15, -0.1) is 0 Å². The number of carboxylic acid groups (broad SMARTS) is 1. The van der Waals surface area contributed by atoms with Gasteiger partial charge in [0.25, 0.3) is 0 Å². The summed E-state index contributed by atoms with van der Waals surface area (Å²) in [6.07, 6.45) is 0.477. The maximum Gasteiger partial charge on any atom is 0.326 e. The third-order valence-electron chi connectivity index (χ3n) is 2.85. The van der Waals surface area contributed by atoms with E-state index in [1.54, 1.807) is 13.0 Å². The molecule has 1 N–H and O–H groups in total. The number of nitrogens with zero attached hydrogens (tertiary/aromatic N) is 2. The summed E-state index contributed by atoms with van der Waals surface area (Å²) >= 11 is 0. The van der Waals surface area contributed by atoms with E-state index in [4.69, 9.17) is 4.52 Å². The zero-order valence-corrected chi connectivity index (χ0v) is 11.7. The van der Waals surface area contributed by atoms with Crippen molar-refractivity contribution in [2.24, 2.45) is 5.92 Å². The molecule has 1 aromatic rings. The van der Waals surface area contributed by atoms with Gasteiger partial charge in [0.05, 0.1) is 12.1 Å². The van der Waals surface area contributed by atoms with E-state index in [9.17, 15) is 14.7 Å². The molecule has 0 fully saturated rings. The lowest BCUT2D eigenvalue weighted by Crippen LogP contribution is -2.43. The minimum Gasteiger partial charge on any atom is -0.480 e. The summed E-state index contributed by atoms with van der Waals surface area (Å²) in [5.41, 5.74) is 0.517. The summed E-state index contributed by atoms with van der Waals surface area (Å²) in [4.78, 5) is 24.5. The van der Waals surface area contributed by atoms with Gasteiger partial charge >= 0.3 is 5.97 Å². The second-order valence-electron chi connectivity index (χ2n) is 5.09. The van der Waals surface area contributed by atoms with Crippen LogP contribution in [-0.4, -0.2) is 40.1 Å². The molecule has 1 unspecified atom stereocenters. The van der Waals surface area contributed by atoms with Crippen LogP contribution in [0.1, 0.15) is 31.7 Å². The first-order valence-corrected chi connectivity index (χ1v) is 6.22. The maximum absolute atomic E-state index is 12.0. The largest absolute Gasteiger partial charge is 0.480 e. The van der Waals surface area contributed by atoms with Crippen LogP contribution in [-0.2, 0) is 16.0 Å². The number of rotatable bonds is 6. The number of aliphatic carboxylic acids is 1. The zero-order chi connectivity index (χ0) is 14.6. The van der Waals surface area contributed by atoms with Gasteiger partial charge in [-0.25, -0.2) is 4.79 Å². The molecule has 1 amide bonds. The maximum atomic E-state index is 12.0. The Bertz CT molecular complexity index is 453. The van der Waals surface area contributed by atoms with Crippen LogP contribution in [0.5, 0.6) is 0 Å². The lowest BCUT2D eigenvalue weighted by molar-refractivity contribution is -0.149. The number of aromatic nitrogens is 1. The highest BCUT2D eigenvalue weighted by atomic mass is 16.5. The Morgan fingerprint density at radius 1 is 1.47 bits per heavy atom. The van der Waals surface area contributed by atoms with Crippen LogP contribution < -0.4 is 0 Å². The van der Waals surface area contributed by atoms with Gasteiger partial charge in [0, 0.05) is 13.1 Å². The van der Waals surface area contributed by atoms with Gasteiger partial charge in [-0.2, -0.15) is 0 Å². The van der Waals surface area contributed by atoms with Crippen molar-refractivity contribution in [2.45, 2.75) is 39.7 Å². The van der Waals surface area contributed by atoms with E-state index in [-0.39, 0.29) is 18.2 Å². The molecule has 6 heteroatoms. The number of hydrogen-bond donors (Lipinski definition) is 1. The standard InChI is InChI=1S/C13H20N2O4/c1-8(2)5-11(13(17)18)15(4)12(16)7-10-6-9(3)19-14-10/h6,8,11H,5,7H2,1-4H3,(H,17,18). The van der Waals surface area contributed by atoms with E-state index in [1.165, 1.54) is 11.9 Å². The number of carboxylic acids is 1. The summed E-state index contributed by atoms with van der Waals surface area (Å²) in [6, 6.07) is 0.866. The van der Waals surface area contributed by atoms with Crippen LogP contribution in [0.4, 0.5) is 0 Å². The first kappa shape index (κ1) is 15.2. The van der Waals surface area contributed by atoms with Gasteiger partial charge in [-0.05, 0) is 19.3 Å². The lowest BCUT2D eigenvalue weighted by Gasteiger charge is -2.25. The SMILES string of the molecule is Cc1cc(CC(=O)N(C)C(CC(C)C)C(=O)O)no1. The number of hydrogen-bond acceptors (Lipinski definition) is 4. The molecule has 0 saturated heterocycles. The molecule has 0 aliphatic carbocycles. The quantitative estimate of drug-likeness (QED) is 0.845. The predicted molar refractivity (Wildman–Crippen MR) is 68.6 cm³/mol. The fraction of sp³-hybridized carbons (Fsp3) is 0.615. The van der Waals surface area contributed by atoms with Crippen LogP contribution >= 0.6 is 0 Å². The number of carbonyl (C=O) groups excluding carboxylic acids is 1. The molecule has 1 rings (SSSR count). The normalized spacial score (nSPS) is 12.5. The smallest absolute Gasteiger partial charge is 0.326 e. The van der Waals surface area contributed by atoms with Crippen molar-refractivity contribution in [3.63, 3.8) is 0 Å². The lowest BCUT2D eigenvalue weighted by atomic mass is 10.0. The van der Waals surface area contributed by atoms with Crippen LogP contribution in [0.15, 0.2) is 10.6 Å². The highest BCUT2D eigenvalue weighted by Gasteiger charge is 2.27. The fourth-order valence-electron chi connectivity index (χ4n) is 1.83. The molecular formula is C13H20N2O4. The second-order valence-corrected chi connectivity index (χ2v) is 5.09. The van der Waals surface area contributed by atoms with Gasteiger partial charge in [-0.1, -0.05) is 19.0 Å². The molecule has 106 valence electrons. The number of carbonyl (C=O) groups is 2. The summed E-state index contributed by atoms with van der Waals surface area (Å²) in [6.45, 7) is 5.59. The van der Waals surface area contributed by atoms with E-state index in [1.807, 2.05) is 13.8 Å². The Labute approximate surface area is 112 Å². The summed E-state index contributed by atoms with van der Waals surface area (Å²) in [5, 5.41) is 12.9. The monoisotopic (exact) mass is 268 g/mol. The molecule has 0 aliphatic heterocycles. The molecule has 0 saturated carbocycles. The summed E-state index contributed by atoms with van der Waals surface area (Å²) < 4.78 is 4.88. The molecule has 6 nitrogen and oxygen atoms in total. The van der Waals surface area contributed by atoms with Gasteiger partial charge in [0.15, 0.2) is 0 Å². The summed E-state index contributed by atoms with van der Waals surface area (Å²) in [5.74, 6) is -0.435. The van der Waals surface area contributed by atoms with Crippen molar-refractivity contribution in [3.8, 4) is 0 Å². The molecular weight excluding hydrogens is 248 g/mol. The minimum absolute atomic E-state index is 0.0513. The molecule has 1 heterocycles. The average molecular weight is 268 g/mol. The first-order chi connectivity index (χ1) is 8.81. The van der Waals surface area contributed by atoms with E-state index in [0.29, 0.717) is 17.9 Å². The van der Waals surface area contributed by atoms with E-state index in [0.717, 1.165) is 0 Å². The Morgan fingerprint density at radius 3 is 2.53 bits per heavy atom. The molecule has 0 radical (unpaired) electrons. The van der Waals surface area contributed by atoms with Gasteiger partial charge < -0.3 is 14.5 Å². The number of aryl methyl sites for hydroxylation is 1. The third kappa shape index (κ3) is 4.39. The van der Waals surface area contributed by atoms with E-state index in [2.05, 4.69) is 5.16 Å². The number of amides is 1. The molecule has 0 aliphatic rings. The Balaban J connectivity index is 2.70. The van der Waals surface area contributed by atoms with Crippen LogP contribution in [0, 0.1) is 12.8 Å². The van der Waals surface area contributed by atoms with Gasteiger partial charge in [0.1, 0.15) is 11.8 Å². The van der Waals surface area contributed by atoms with Crippen molar-refractivity contribution in [1.29, 1.82) is 0 Å². The average Bonchev–Trinajstić information content (AvgIpc) is 2.70. The number of likely N-dealkylation sites (N-methyl/N-ethyl adjacent to an activating group) is 1. The van der Waals surface area contributed by atoms with Crippen LogP contribution in [0.3, 0.4) is 0 Å². The van der Waals surface area contributed by atoms with Crippen molar-refractivity contribution < 1.29 is 19.2 Å². The second kappa shape index (κ2) is 6.36. The third-order valence-corrected chi connectivity index (χ3v) is 2.85. The molecule has 1 atom stereocenters. The molecule has 0 aromatic carbocycles. The van der Waals surface area contributed by atoms with Crippen molar-refractivity contribution in [3.05, 3.63) is 17.5 Å². The topological polar surface area (TPSA) is 83.6 Å². The van der Waals surface area contributed by atoms with Gasteiger partial charge in [-0.3, -0.25) is 4.79 Å². The highest BCUT2D eigenvalue weighted by Crippen LogP contribution is 2.12. The van der Waals surface area contributed by atoms with Crippen molar-refractivity contribution >= 4 is 11.9 Å². The van der Waals surface area contributed by atoms with Crippen molar-refractivity contribution in [2.75, 3.05) is 7.05 Å². The van der Waals surface area contributed by atoms with Crippen LogP contribution in [0.25, 0.3) is 0 Å². The highest BCUT2D eigenvalue weighted by molar-refractivity contribution is 5.84. The molecule has 0 spiro atoms. The Kier molecular flexibility index (Phi) is 5.09. The van der Waals surface area contributed by atoms with Crippen LogP contribution in [0.2, 0.25) is 0 Å². The predicted octanol–water partition coefficient (Wildman–Crippen LogP) is 1.48. The molecule has 0 bridgehead atoms. The first-order valence-electron chi connectivity index (χ1n) is 6.22. The molecule has 1 aromatic heterocycles. The van der Waals surface area contributed by atoms with Gasteiger partial charge in [0.2, 0.25) is 5.91 Å². The Hall–Kier alpha value is -1.85. The van der Waals surface area contributed by atoms with Crippen molar-refractivity contribution in [1.82, 2.24) is 10.1 Å². The zero-order valence-electron chi connectivity index (χ0n) is 11.7. The Morgan fingerprint density at radius 2 is 2.11 bits per heavy atom. The molecule has 19 heavy (non-hydrogen) atoms.